The molecule has 3 rings (SSSR count). The van der Waals surface area contributed by atoms with Crippen molar-refractivity contribution in [3.05, 3.63) is 30.3 Å². The number of benzene rings is 1. The molecule has 0 saturated carbocycles. The summed E-state index contributed by atoms with van der Waals surface area (Å²) in [6.07, 6.45) is 1.11. The lowest BCUT2D eigenvalue weighted by molar-refractivity contribution is 0.166. The summed E-state index contributed by atoms with van der Waals surface area (Å²) in [5, 5.41) is 3.16. The summed E-state index contributed by atoms with van der Waals surface area (Å²) in [7, 11) is 0. The van der Waals surface area contributed by atoms with Crippen molar-refractivity contribution in [2.45, 2.75) is 6.42 Å². The number of fused-ring (bicyclic) bond motifs is 1. The Kier molecular flexibility index (Phi) is 1.70. The summed E-state index contributed by atoms with van der Waals surface area (Å²) < 4.78 is 0. The summed E-state index contributed by atoms with van der Waals surface area (Å²) in [5.41, 5.74) is 1.16. The number of nitrogens with one attached hydrogen (secondary N) is 1. The van der Waals surface area contributed by atoms with Gasteiger partial charge in [0.25, 0.3) is 0 Å². The van der Waals surface area contributed by atoms with E-state index in [1.807, 2.05) is 17.2 Å². The van der Waals surface area contributed by atoms with Gasteiger partial charge in [-0.1, -0.05) is 18.2 Å². The lowest BCUT2D eigenvalue weighted by Gasteiger charge is -2.12. The average Bonchev–Trinajstić information content (AvgIpc) is 2.86. The average molecular weight is 188 g/mol. The van der Waals surface area contributed by atoms with Gasteiger partial charge in [0.2, 0.25) is 0 Å². The van der Waals surface area contributed by atoms with Gasteiger partial charge in [0.1, 0.15) is 5.82 Å². The molecule has 0 unspecified atom stereocenters. The standard InChI is InChI=1S/C11H12N2O/c1-2-5-10-9(4-1)8-11(12-10)13-6-3-7-14-13/h1-2,4-5,8,12H,3,6-7H2. The number of hydrogen-bond donors (Lipinski definition) is 1. The molecule has 0 radical (unpaired) electrons. The van der Waals surface area contributed by atoms with Crippen LogP contribution in [0.2, 0.25) is 0 Å². The molecule has 1 fully saturated rings. The van der Waals surface area contributed by atoms with E-state index in [0.717, 1.165) is 30.9 Å². The highest BCUT2D eigenvalue weighted by molar-refractivity contribution is 5.83. The van der Waals surface area contributed by atoms with Crippen LogP contribution in [0.15, 0.2) is 30.3 Å². The highest BCUT2D eigenvalue weighted by atomic mass is 16.7. The van der Waals surface area contributed by atoms with E-state index in [1.54, 1.807) is 0 Å². The molecule has 0 amide bonds. The van der Waals surface area contributed by atoms with E-state index in [4.69, 9.17) is 4.84 Å². The molecule has 1 aromatic carbocycles. The fourth-order valence-electron chi connectivity index (χ4n) is 1.83. The summed E-state index contributed by atoms with van der Waals surface area (Å²) in [6.45, 7) is 1.81. The van der Waals surface area contributed by atoms with Crippen LogP contribution < -0.4 is 5.06 Å². The van der Waals surface area contributed by atoms with Crippen molar-refractivity contribution in [1.82, 2.24) is 4.98 Å². The van der Waals surface area contributed by atoms with Crippen molar-refractivity contribution in [2.75, 3.05) is 18.2 Å². The minimum absolute atomic E-state index is 0.829. The summed E-state index contributed by atoms with van der Waals surface area (Å²) in [5.74, 6) is 1.06. The second-order valence-corrected chi connectivity index (χ2v) is 3.53. The molecule has 2 aromatic rings. The second kappa shape index (κ2) is 3.03. The van der Waals surface area contributed by atoms with Crippen LogP contribution in [0.4, 0.5) is 5.82 Å². The maximum Gasteiger partial charge on any atom is 0.131 e. The third kappa shape index (κ3) is 1.17. The first-order valence-corrected chi connectivity index (χ1v) is 4.92. The fraction of sp³-hybridized carbons (Fsp3) is 0.273. The van der Waals surface area contributed by atoms with Crippen molar-refractivity contribution in [2.24, 2.45) is 0 Å². The summed E-state index contributed by atoms with van der Waals surface area (Å²) >= 11 is 0. The highest BCUT2D eigenvalue weighted by Crippen LogP contribution is 2.23. The molecule has 0 aliphatic carbocycles. The van der Waals surface area contributed by atoms with Gasteiger partial charge in [0.05, 0.1) is 6.61 Å². The van der Waals surface area contributed by atoms with Gasteiger partial charge in [-0.3, -0.25) is 4.84 Å². The normalized spacial score (nSPS) is 16.7. The zero-order valence-electron chi connectivity index (χ0n) is 7.86. The first-order chi connectivity index (χ1) is 6.93. The van der Waals surface area contributed by atoms with E-state index < -0.39 is 0 Å². The van der Waals surface area contributed by atoms with Gasteiger partial charge in [-0.15, -0.1) is 0 Å². The minimum Gasteiger partial charge on any atom is -0.340 e. The van der Waals surface area contributed by atoms with Gasteiger partial charge in [-0.2, -0.15) is 0 Å². The zero-order chi connectivity index (χ0) is 9.38. The Morgan fingerprint density at radius 3 is 3.00 bits per heavy atom. The monoisotopic (exact) mass is 188 g/mol. The smallest absolute Gasteiger partial charge is 0.131 e. The number of rotatable bonds is 1. The molecule has 0 bridgehead atoms. The van der Waals surface area contributed by atoms with Crippen LogP contribution in [0.1, 0.15) is 6.42 Å². The fourth-order valence-corrected chi connectivity index (χ4v) is 1.83. The maximum absolute atomic E-state index is 5.47. The molecule has 2 heterocycles. The van der Waals surface area contributed by atoms with Crippen LogP contribution in [0.5, 0.6) is 0 Å². The predicted octanol–water partition coefficient (Wildman–Crippen LogP) is 2.31. The highest BCUT2D eigenvalue weighted by Gasteiger charge is 2.14. The first-order valence-electron chi connectivity index (χ1n) is 4.92. The van der Waals surface area contributed by atoms with E-state index in [9.17, 15) is 0 Å². The number of aromatic amines is 1. The third-order valence-corrected chi connectivity index (χ3v) is 2.54. The molecule has 3 heteroatoms. The Bertz CT molecular complexity index is 410. The van der Waals surface area contributed by atoms with Crippen molar-refractivity contribution in [1.29, 1.82) is 0 Å². The molecule has 14 heavy (non-hydrogen) atoms. The molecule has 72 valence electrons. The minimum atomic E-state index is 0.829. The SMILES string of the molecule is c1ccc2[nH]c(N3CCCO3)cc2c1. The third-order valence-electron chi connectivity index (χ3n) is 2.54. The number of hydroxylamine groups is 1. The number of para-hydroxylation sites is 1. The van der Waals surface area contributed by atoms with Crippen LogP contribution in [-0.2, 0) is 4.84 Å². The Hall–Kier alpha value is -1.48. The number of H-pyrrole nitrogens is 1. The predicted molar refractivity (Wildman–Crippen MR) is 56.2 cm³/mol. The van der Waals surface area contributed by atoms with E-state index >= 15 is 0 Å². The van der Waals surface area contributed by atoms with Crippen LogP contribution >= 0.6 is 0 Å². The molecule has 1 aliphatic rings. The molecular formula is C11H12N2O. The van der Waals surface area contributed by atoms with Crippen LogP contribution in [0, 0.1) is 0 Å². The number of aromatic nitrogens is 1. The van der Waals surface area contributed by atoms with Crippen molar-refractivity contribution < 1.29 is 4.84 Å². The molecule has 1 saturated heterocycles. The van der Waals surface area contributed by atoms with E-state index in [2.05, 4.69) is 23.2 Å². The molecule has 3 nitrogen and oxygen atoms in total. The summed E-state index contributed by atoms with van der Waals surface area (Å²) in [6, 6.07) is 10.4. The van der Waals surface area contributed by atoms with Crippen molar-refractivity contribution >= 4 is 16.7 Å². The molecule has 1 N–H and O–H groups in total. The molecule has 1 aliphatic heterocycles. The number of hydrogen-bond acceptors (Lipinski definition) is 2. The first kappa shape index (κ1) is 7.88. The maximum atomic E-state index is 5.47. The second-order valence-electron chi connectivity index (χ2n) is 3.53. The quantitative estimate of drug-likeness (QED) is 0.743. The van der Waals surface area contributed by atoms with Gasteiger partial charge < -0.3 is 4.98 Å². The van der Waals surface area contributed by atoms with Gasteiger partial charge in [0.15, 0.2) is 0 Å². The molecule has 0 atom stereocenters. The van der Waals surface area contributed by atoms with Gasteiger partial charge in [-0.25, -0.2) is 5.06 Å². The Labute approximate surface area is 82.2 Å². The van der Waals surface area contributed by atoms with Gasteiger partial charge in [0, 0.05) is 17.4 Å². The van der Waals surface area contributed by atoms with Gasteiger partial charge >= 0.3 is 0 Å². The lowest BCUT2D eigenvalue weighted by atomic mass is 10.2. The van der Waals surface area contributed by atoms with Gasteiger partial charge in [-0.05, 0) is 18.6 Å². The van der Waals surface area contributed by atoms with Crippen LogP contribution in [0.3, 0.4) is 0 Å². The molecule has 0 spiro atoms. The zero-order valence-corrected chi connectivity index (χ0v) is 7.86. The van der Waals surface area contributed by atoms with Crippen molar-refractivity contribution in [3.8, 4) is 0 Å². The largest absolute Gasteiger partial charge is 0.340 e. The Morgan fingerprint density at radius 1 is 1.29 bits per heavy atom. The van der Waals surface area contributed by atoms with Crippen LogP contribution in [-0.4, -0.2) is 18.1 Å². The molecular weight excluding hydrogens is 176 g/mol. The Balaban J connectivity index is 2.05. The van der Waals surface area contributed by atoms with E-state index in [0.29, 0.717) is 0 Å². The number of anilines is 1. The lowest BCUT2D eigenvalue weighted by Crippen LogP contribution is -2.15. The Morgan fingerprint density at radius 2 is 2.21 bits per heavy atom. The van der Waals surface area contributed by atoms with Crippen molar-refractivity contribution in [3.63, 3.8) is 0 Å². The number of nitrogens with zero attached hydrogens (tertiary/aromatic N) is 1. The van der Waals surface area contributed by atoms with E-state index in [1.165, 1.54) is 5.39 Å². The topological polar surface area (TPSA) is 28.3 Å². The molecule has 1 aromatic heterocycles. The summed E-state index contributed by atoms with van der Waals surface area (Å²) in [4.78, 5) is 8.81. The van der Waals surface area contributed by atoms with Crippen LogP contribution in [0.25, 0.3) is 10.9 Å². The van der Waals surface area contributed by atoms with E-state index in [-0.39, 0.29) is 0 Å².